The van der Waals surface area contributed by atoms with Gasteiger partial charge in [-0.05, 0) is 11.8 Å². The third kappa shape index (κ3) is 7.96. The van der Waals surface area contributed by atoms with Gasteiger partial charge in [-0.3, -0.25) is 9.59 Å². The van der Waals surface area contributed by atoms with Crippen molar-refractivity contribution in [3.8, 4) is 0 Å². The second kappa shape index (κ2) is 6.74. The molecule has 0 unspecified atom stereocenters. The maximum absolute atomic E-state index is 11.3. The van der Waals surface area contributed by atoms with Gasteiger partial charge in [0.2, 0.25) is 0 Å². The Morgan fingerprint density at radius 3 is 1.29 bits per heavy atom. The molecule has 0 aliphatic rings. The highest BCUT2D eigenvalue weighted by molar-refractivity contribution is 5.86. The Kier molecular flexibility index (Phi) is 6.43. The number of Topliss-reactive ketones (excluding diaryl/α,β-unsaturated/α-hetero) is 2. The van der Waals surface area contributed by atoms with E-state index in [1.54, 1.807) is 0 Å². The van der Waals surface area contributed by atoms with Gasteiger partial charge < -0.3 is 0 Å². The average Bonchev–Trinajstić information content (AvgIpc) is 1.98. The molecule has 2 heteroatoms. The molecule has 0 aromatic rings. The van der Waals surface area contributed by atoms with Crippen molar-refractivity contribution in [1.82, 2.24) is 0 Å². The van der Waals surface area contributed by atoms with Gasteiger partial charge in [-0.25, -0.2) is 0 Å². The fourth-order valence-electron chi connectivity index (χ4n) is 1.39. The summed E-state index contributed by atoms with van der Waals surface area (Å²) < 4.78 is 0. The zero-order valence-corrected chi connectivity index (χ0v) is 9.80. The molecule has 0 saturated heterocycles. The van der Waals surface area contributed by atoms with Crippen molar-refractivity contribution in [2.24, 2.45) is 11.8 Å². The molecule has 0 radical (unpaired) electrons. The van der Waals surface area contributed by atoms with Crippen molar-refractivity contribution in [3.63, 3.8) is 0 Å². The first-order valence-electron chi connectivity index (χ1n) is 5.45. The smallest absolute Gasteiger partial charge is 0.133 e. The lowest BCUT2D eigenvalue weighted by Crippen LogP contribution is -2.08. The van der Waals surface area contributed by atoms with Gasteiger partial charge >= 0.3 is 0 Å². The van der Waals surface area contributed by atoms with Crippen LogP contribution in [0.25, 0.3) is 0 Å². The van der Waals surface area contributed by atoms with E-state index in [0.29, 0.717) is 37.5 Å². The number of hydrogen-bond acceptors (Lipinski definition) is 2. The molecule has 0 N–H and O–H groups in total. The van der Waals surface area contributed by atoms with Crippen LogP contribution in [0.3, 0.4) is 0 Å². The summed E-state index contributed by atoms with van der Waals surface area (Å²) in [5.74, 6) is 1.25. The van der Waals surface area contributed by atoms with Gasteiger partial charge in [0.05, 0.1) is 0 Å². The van der Waals surface area contributed by atoms with Crippen LogP contribution in [0, 0.1) is 11.8 Å². The average molecular weight is 198 g/mol. The van der Waals surface area contributed by atoms with Gasteiger partial charge in [-0.2, -0.15) is 0 Å². The quantitative estimate of drug-likeness (QED) is 0.630. The number of carbonyl (C=O) groups excluding carboxylic acids is 2. The summed E-state index contributed by atoms with van der Waals surface area (Å²) in [4.78, 5) is 22.6. The minimum atomic E-state index is 0.220. The maximum atomic E-state index is 11.3. The number of carbonyl (C=O) groups is 2. The largest absolute Gasteiger partial charge is 0.300 e. The molecule has 0 amide bonds. The fraction of sp³-hybridized carbons (Fsp3) is 0.833. The van der Waals surface area contributed by atoms with Crippen LogP contribution in [-0.4, -0.2) is 11.6 Å². The highest BCUT2D eigenvalue weighted by atomic mass is 16.1. The van der Waals surface area contributed by atoms with Crippen LogP contribution >= 0.6 is 0 Å². The zero-order valence-electron chi connectivity index (χ0n) is 9.80. The lowest BCUT2D eigenvalue weighted by molar-refractivity contribution is -0.125. The number of rotatable bonds is 7. The predicted octanol–water partition coefficient (Wildman–Crippen LogP) is 3.00. The summed E-state index contributed by atoms with van der Waals surface area (Å²) >= 11 is 0. The second-order valence-electron chi connectivity index (χ2n) is 4.77. The molecular formula is C12H22O2. The highest BCUT2D eigenvalue weighted by Gasteiger charge is 2.09. The van der Waals surface area contributed by atoms with Crippen molar-refractivity contribution >= 4 is 11.6 Å². The third-order valence-electron chi connectivity index (χ3n) is 1.95. The molecule has 0 aromatic carbocycles. The molecule has 82 valence electrons. The Morgan fingerprint density at radius 1 is 0.786 bits per heavy atom. The fourth-order valence-corrected chi connectivity index (χ4v) is 1.39. The SMILES string of the molecule is CC(C)CC(=O)CCC(=O)CC(C)C. The molecule has 0 atom stereocenters. The Bertz CT molecular complexity index is 170. The molecule has 0 rings (SSSR count). The van der Waals surface area contributed by atoms with Gasteiger partial charge in [0.1, 0.15) is 11.6 Å². The van der Waals surface area contributed by atoms with Crippen LogP contribution in [0.2, 0.25) is 0 Å². The first-order valence-corrected chi connectivity index (χ1v) is 5.45. The lowest BCUT2D eigenvalue weighted by atomic mass is 9.99. The third-order valence-corrected chi connectivity index (χ3v) is 1.95. The van der Waals surface area contributed by atoms with Gasteiger partial charge in [0.15, 0.2) is 0 Å². The molecule has 0 aliphatic carbocycles. The van der Waals surface area contributed by atoms with Crippen LogP contribution in [0.15, 0.2) is 0 Å². The number of hydrogen-bond donors (Lipinski definition) is 0. The van der Waals surface area contributed by atoms with Crippen molar-refractivity contribution < 1.29 is 9.59 Å². The van der Waals surface area contributed by atoms with Crippen molar-refractivity contribution in [1.29, 1.82) is 0 Å². The monoisotopic (exact) mass is 198 g/mol. The highest BCUT2D eigenvalue weighted by Crippen LogP contribution is 2.08. The van der Waals surface area contributed by atoms with Gasteiger partial charge in [0, 0.05) is 25.7 Å². The molecule has 0 heterocycles. The molecule has 14 heavy (non-hydrogen) atoms. The Morgan fingerprint density at radius 2 is 1.07 bits per heavy atom. The number of ketones is 2. The van der Waals surface area contributed by atoms with Crippen molar-refractivity contribution in [2.75, 3.05) is 0 Å². The van der Waals surface area contributed by atoms with Crippen LogP contribution in [0.5, 0.6) is 0 Å². The van der Waals surface area contributed by atoms with E-state index in [-0.39, 0.29) is 11.6 Å². The van der Waals surface area contributed by atoms with E-state index in [9.17, 15) is 9.59 Å². The minimum Gasteiger partial charge on any atom is -0.300 e. The van der Waals surface area contributed by atoms with E-state index in [0.717, 1.165) is 0 Å². The predicted molar refractivity (Wildman–Crippen MR) is 58.2 cm³/mol. The van der Waals surface area contributed by atoms with Crippen molar-refractivity contribution in [2.45, 2.75) is 53.4 Å². The molecule has 0 saturated carbocycles. The summed E-state index contributed by atoms with van der Waals surface area (Å²) in [7, 11) is 0. The van der Waals surface area contributed by atoms with E-state index in [1.807, 2.05) is 27.7 Å². The van der Waals surface area contributed by atoms with E-state index < -0.39 is 0 Å². The first kappa shape index (κ1) is 13.3. The summed E-state index contributed by atoms with van der Waals surface area (Å²) in [6.07, 6.45) is 2.08. The Labute approximate surface area is 87.1 Å². The van der Waals surface area contributed by atoms with E-state index in [4.69, 9.17) is 0 Å². The summed E-state index contributed by atoms with van der Waals surface area (Å²) in [5.41, 5.74) is 0. The first-order chi connectivity index (χ1) is 6.41. The molecule has 0 aromatic heterocycles. The van der Waals surface area contributed by atoms with Gasteiger partial charge in [0.25, 0.3) is 0 Å². The second-order valence-corrected chi connectivity index (χ2v) is 4.77. The van der Waals surface area contributed by atoms with Crippen LogP contribution < -0.4 is 0 Å². The topological polar surface area (TPSA) is 34.1 Å². The van der Waals surface area contributed by atoms with Crippen molar-refractivity contribution in [3.05, 3.63) is 0 Å². The van der Waals surface area contributed by atoms with Crippen LogP contribution in [0.1, 0.15) is 53.4 Å². The van der Waals surface area contributed by atoms with E-state index in [2.05, 4.69) is 0 Å². The Balaban J connectivity index is 3.61. The zero-order chi connectivity index (χ0) is 11.1. The van der Waals surface area contributed by atoms with Crippen LogP contribution in [0.4, 0.5) is 0 Å². The van der Waals surface area contributed by atoms with Crippen LogP contribution in [-0.2, 0) is 9.59 Å². The standard InChI is InChI=1S/C12H22O2/c1-9(2)7-11(13)5-6-12(14)8-10(3)4/h9-10H,5-8H2,1-4H3. The van der Waals surface area contributed by atoms with Gasteiger partial charge in [-0.1, -0.05) is 27.7 Å². The van der Waals surface area contributed by atoms with E-state index in [1.165, 1.54) is 0 Å². The van der Waals surface area contributed by atoms with Gasteiger partial charge in [-0.15, -0.1) is 0 Å². The molecule has 2 nitrogen and oxygen atoms in total. The van der Waals surface area contributed by atoms with E-state index >= 15 is 0 Å². The molecule has 0 spiro atoms. The normalized spacial score (nSPS) is 11.0. The summed E-state index contributed by atoms with van der Waals surface area (Å²) in [6.45, 7) is 8.09. The minimum absolute atomic E-state index is 0.220. The lowest BCUT2D eigenvalue weighted by Gasteiger charge is -2.05. The molecule has 0 bridgehead atoms. The summed E-state index contributed by atoms with van der Waals surface area (Å²) in [5, 5.41) is 0. The summed E-state index contributed by atoms with van der Waals surface area (Å²) in [6, 6.07) is 0. The molecule has 0 fully saturated rings. The maximum Gasteiger partial charge on any atom is 0.133 e. The molecule has 0 aliphatic heterocycles. The molecular weight excluding hydrogens is 176 g/mol. The Hall–Kier alpha value is -0.660.